The smallest absolute Gasteiger partial charge is 0.323 e. The van der Waals surface area contributed by atoms with Gasteiger partial charge in [0, 0.05) is 12.6 Å². The van der Waals surface area contributed by atoms with Crippen LogP contribution in [-0.4, -0.2) is 33.6 Å². The van der Waals surface area contributed by atoms with Gasteiger partial charge in [-0.1, -0.05) is 6.92 Å². The van der Waals surface area contributed by atoms with Crippen LogP contribution in [0.15, 0.2) is 0 Å². The molecule has 1 aliphatic rings. The van der Waals surface area contributed by atoms with Gasteiger partial charge in [-0.3, -0.25) is 5.43 Å². The highest BCUT2D eigenvalue weighted by atomic mass is 16.5. The maximum absolute atomic E-state index is 5.57. The second kappa shape index (κ2) is 6.69. The van der Waals surface area contributed by atoms with Crippen LogP contribution in [0.1, 0.15) is 46.5 Å². The summed E-state index contributed by atoms with van der Waals surface area (Å²) in [6, 6.07) is 0.794. The number of nitrogens with zero attached hydrogens (tertiary/aromatic N) is 4. The summed E-state index contributed by atoms with van der Waals surface area (Å²) in [5.74, 6) is 6.43. The highest BCUT2D eigenvalue weighted by molar-refractivity contribution is 5.39. The summed E-state index contributed by atoms with van der Waals surface area (Å²) in [7, 11) is 0. The Balaban J connectivity index is 2.28. The maximum atomic E-state index is 5.57. The topological polar surface area (TPSA) is 89.2 Å². The van der Waals surface area contributed by atoms with E-state index in [-0.39, 0.29) is 6.10 Å². The molecule has 0 amide bonds. The van der Waals surface area contributed by atoms with Gasteiger partial charge in [0.1, 0.15) is 0 Å². The highest BCUT2D eigenvalue weighted by Crippen LogP contribution is 2.25. The highest BCUT2D eigenvalue weighted by Gasteiger charge is 2.24. The molecule has 0 saturated carbocycles. The quantitative estimate of drug-likeness (QED) is 0.627. The van der Waals surface area contributed by atoms with Crippen LogP contribution in [0.5, 0.6) is 6.01 Å². The van der Waals surface area contributed by atoms with E-state index in [1.54, 1.807) is 0 Å². The Morgan fingerprint density at radius 1 is 1.35 bits per heavy atom. The fourth-order valence-corrected chi connectivity index (χ4v) is 2.49. The third kappa shape index (κ3) is 3.47. The summed E-state index contributed by atoms with van der Waals surface area (Å²) in [6.07, 6.45) is 4.69. The van der Waals surface area contributed by atoms with Crippen LogP contribution in [0.2, 0.25) is 0 Å². The SMILES string of the molecule is CCC1CCCCN1c1nc(NN)nc(OC(C)C)n1. The van der Waals surface area contributed by atoms with Crippen molar-refractivity contribution in [1.29, 1.82) is 0 Å². The number of anilines is 2. The van der Waals surface area contributed by atoms with Crippen LogP contribution < -0.4 is 20.9 Å². The summed E-state index contributed by atoms with van der Waals surface area (Å²) >= 11 is 0. The van der Waals surface area contributed by atoms with Crippen molar-refractivity contribution in [3.63, 3.8) is 0 Å². The summed E-state index contributed by atoms with van der Waals surface area (Å²) < 4.78 is 5.57. The molecular weight excluding hydrogens is 256 g/mol. The van der Waals surface area contributed by atoms with E-state index in [0.717, 1.165) is 19.4 Å². The van der Waals surface area contributed by atoms with Gasteiger partial charge in [0.05, 0.1) is 6.10 Å². The molecule has 1 aromatic rings. The first kappa shape index (κ1) is 14.8. The van der Waals surface area contributed by atoms with E-state index in [2.05, 4.69) is 32.2 Å². The van der Waals surface area contributed by atoms with E-state index >= 15 is 0 Å². The first-order valence-corrected chi connectivity index (χ1v) is 7.30. The van der Waals surface area contributed by atoms with Crippen LogP contribution in [0.3, 0.4) is 0 Å². The number of hydrazine groups is 1. The van der Waals surface area contributed by atoms with Crippen molar-refractivity contribution >= 4 is 11.9 Å². The van der Waals surface area contributed by atoms with Crippen LogP contribution in [0, 0.1) is 0 Å². The number of nitrogens with two attached hydrogens (primary N) is 1. The summed E-state index contributed by atoms with van der Waals surface area (Å²) in [6.45, 7) is 7.04. The van der Waals surface area contributed by atoms with Crippen LogP contribution in [-0.2, 0) is 0 Å². The lowest BCUT2D eigenvalue weighted by molar-refractivity contribution is 0.221. The molecule has 3 N–H and O–H groups in total. The van der Waals surface area contributed by atoms with Crippen molar-refractivity contribution in [3.05, 3.63) is 0 Å². The van der Waals surface area contributed by atoms with Crippen molar-refractivity contribution in [2.75, 3.05) is 16.9 Å². The van der Waals surface area contributed by atoms with Gasteiger partial charge in [-0.15, -0.1) is 0 Å². The van der Waals surface area contributed by atoms with Crippen molar-refractivity contribution in [1.82, 2.24) is 15.0 Å². The van der Waals surface area contributed by atoms with Crippen LogP contribution in [0.4, 0.5) is 11.9 Å². The van der Waals surface area contributed by atoms with Gasteiger partial charge in [-0.05, 0) is 39.5 Å². The lowest BCUT2D eigenvalue weighted by Gasteiger charge is -2.35. The van der Waals surface area contributed by atoms with Gasteiger partial charge in [0.2, 0.25) is 11.9 Å². The van der Waals surface area contributed by atoms with E-state index in [1.165, 1.54) is 12.8 Å². The minimum atomic E-state index is 0.0132. The normalized spacial score (nSPS) is 19.2. The maximum Gasteiger partial charge on any atom is 0.323 e. The number of piperidine rings is 1. The van der Waals surface area contributed by atoms with E-state index in [1.807, 2.05) is 13.8 Å². The van der Waals surface area contributed by atoms with Crippen LogP contribution in [0.25, 0.3) is 0 Å². The average molecular weight is 280 g/mol. The molecule has 7 heteroatoms. The minimum absolute atomic E-state index is 0.0132. The number of ether oxygens (including phenoxy) is 1. The van der Waals surface area contributed by atoms with Gasteiger partial charge < -0.3 is 9.64 Å². The molecule has 1 atom stereocenters. The fraction of sp³-hybridized carbons (Fsp3) is 0.769. The molecule has 1 unspecified atom stereocenters. The molecule has 20 heavy (non-hydrogen) atoms. The third-order valence-electron chi connectivity index (χ3n) is 3.43. The first-order valence-electron chi connectivity index (χ1n) is 7.30. The molecule has 0 radical (unpaired) electrons. The number of nitrogen functional groups attached to an aromatic ring is 1. The monoisotopic (exact) mass is 280 g/mol. The zero-order valence-corrected chi connectivity index (χ0v) is 12.5. The fourth-order valence-electron chi connectivity index (χ4n) is 2.49. The van der Waals surface area contributed by atoms with Gasteiger partial charge in [-0.2, -0.15) is 15.0 Å². The van der Waals surface area contributed by atoms with Gasteiger partial charge in [0.15, 0.2) is 0 Å². The Kier molecular flexibility index (Phi) is 4.94. The zero-order chi connectivity index (χ0) is 14.5. The molecule has 0 aromatic carbocycles. The number of hydrogen-bond acceptors (Lipinski definition) is 7. The molecule has 0 aliphatic carbocycles. The van der Waals surface area contributed by atoms with Crippen molar-refractivity contribution in [2.24, 2.45) is 5.84 Å². The Bertz CT molecular complexity index is 439. The number of rotatable bonds is 5. The van der Waals surface area contributed by atoms with E-state index in [4.69, 9.17) is 10.6 Å². The third-order valence-corrected chi connectivity index (χ3v) is 3.43. The minimum Gasteiger partial charge on any atom is -0.461 e. The van der Waals surface area contributed by atoms with Crippen molar-refractivity contribution in [2.45, 2.75) is 58.6 Å². The average Bonchev–Trinajstić information content (AvgIpc) is 2.46. The van der Waals surface area contributed by atoms with Gasteiger partial charge in [0.25, 0.3) is 0 Å². The summed E-state index contributed by atoms with van der Waals surface area (Å²) in [5, 5.41) is 0. The molecule has 1 saturated heterocycles. The van der Waals surface area contributed by atoms with Gasteiger partial charge in [-0.25, -0.2) is 5.84 Å². The Labute approximate surface area is 119 Å². The van der Waals surface area contributed by atoms with E-state index in [9.17, 15) is 0 Å². The molecule has 1 aromatic heterocycles. The molecule has 2 heterocycles. The summed E-state index contributed by atoms with van der Waals surface area (Å²) in [4.78, 5) is 15.2. The Morgan fingerprint density at radius 2 is 2.15 bits per heavy atom. The number of nitrogens with one attached hydrogen (secondary N) is 1. The van der Waals surface area contributed by atoms with E-state index in [0.29, 0.717) is 23.9 Å². The van der Waals surface area contributed by atoms with Gasteiger partial charge >= 0.3 is 6.01 Å². The number of hydrogen-bond donors (Lipinski definition) is 2. The predicted molar refractivity (Wildman–Crippen MR) is 78.7 cm³/mol. The van der Waals surface area contributed by atoms with Crippen LogP contribution >= 0.6 is 0 Å². The second-order valence-electron chi connectivity index (χ2n) is 5.30. The van der Waals surface area contributed by atoms with Crippen molar-refractivity contribution in [3.8, 4) is 6.01 Å². The molecule has 0 bridgehead atoms. The molecule has 0 spiro atoms. The zero-order valence-electron chi connectivity index (χ0n) is 12.5. The molecule has 1 fully saturated rings. The first-order chi connectivity index (χ1) is 9.63. The van der Waals surface area contributed by atoms with E-state index < -0.39 is 0 Å². The molecule has 7 nitrogen and oxygen atoms in total. The Morgan fingerprint density at radius 3 is 2.80 bits per heavy atom. The molecule has 112 valence electrons. The largest absolute Gasteiger partial charge is 0.461 e. The lowest BCUT2D eigenvalue weighted by atomic mass is 10.0. The predicted octanol–water partition coefficient (Wildman–Crippen LogP) is 1.71. The molecule has 2 rings (SSSR count). The second-order valence-corrected chi connectivity index (χ2v) is 5.30. The van der Waals surface area contributed by atoms with Crippen molar-refractivity contribution < 1.29 is 4.74 Å². The lowest BCUT2D eigenvalue weighted by Crippen LogP contribution is -2.40. The molecular formula is C13H24N6O. The summed E-state index contributed by atoms with van der Waals surface area (Å²) in [5.41, 5.74) is 2.48. The number of aromatic nitrogens is 3. The molecule has 1 aliphatic heterocycles. The Hall–Kier alpha value is -1.63. The standard InChI is InChI=1S/C13H24N6O/c1-4-10-7-5-6-8-19(10)12-15-11(18-14)16-13(17-12)20-9(2)3/h9-10H,4-8,14H2,1-3H3,(H,15,16,17,18).